The summed E-state index contributed by atoms with van der Waals surface area (Å²) in [5, 5.41) is 14.4. The smallest absolute Gasteiger partial charge is 0.323 e. The molecule has 40 heavy (non-hydrogen) atoms. The van der Waals surface area contributed by atoms with Crippen LogP contribution in [-0.4, -0.2) is 52.3 Å². The maximum absolute atomic E-state index is 14.0. The zero-order valence-corrected chi connectivity index (χ0v) is 31.3. The Bertz CT molecular complexity index is 1050. The van der Waals surface area contributed by atoms with E-state index in [-0.39, 0.29) is 34.4 Å². The molecule has 0 heterocycles. The molecular weight excluding hydrogens is 815 g/mol. The molecule has 9 heteroatoms. The van der Waals surface area contributed by atoms with Crippen molar-refractivity contribution >= 4 is 42.9 Å². The van der Waals surface area contributed by atoms with Crippen LogP contribution in [0.15, 0.2) is 48.5 Å². The molecule has 0 amide bonds. The van der Waals surface area contributed by atoms with Crippen LogP contribution in [0.1, 0.15) is 64.5 Å². The number of aliphatic hydroxyl groups excluding tert-OH is 1. The van der Waals surface area contributed by atoms with Crippen molar-refractivity contribution in [2.75, 3.05) is 6.61 Å². The molecule has 0 fully saturated rings. The third kappa shape index (κ3) is 7.12. The third-order valence-electron chi connectivity index (χ3n) is 9.21. The van der Waals surface area contributed by atoms with E-state index >= 15 is 0 Å². The van der Waals surface area contributed by atoms with E-state index in [4.69, 9.17) is 4.74 Å². The van der Waals surface area contributed by atoms with Crippen LogP contribution in [0.3, 0.4) is 0 Å². The average Bonchev–Trinajstić information content (AvgIpc) is 3.29. The molecule has 11 atom stereocenters. The number of ether oxygens (including phenoxy) is 1. The Balaban J connectivity index is 0.00000560. The molecule has 0 saturated carbocycles. The second kappa shape index (κ2) is 15.1. The number of benzene rings is 2. The molecule has 0 saturated heterocycles. The number of hydrogen-bond acceptors (Lipinski definition) is 4. The molecular formula is C31H48FmNO3P4. The van der Waals surface area contributed by atoms with Gasteiger partial charge in [-0.2, -0.15) is 0 Å². The first-order valence-electron chi connectivity index (χ1n) is 14.1. The van der Waals surface area contributed by atoms with Crippen LogP contribution < -0.4 is 5.32 Å². The normalized spacial score (nSPS) is 19.6. The van der Waals surface area contributed by atoms with E-state index in [9.17, 15) is 9.90 Å². The molecule has 4 nitrogen and oxygen atoms in total. The minimum atomic E-state index is -0.621. The number of rotatable bonds is 14. The monoisotopic (exact) mass is 863 g/mol. The van der Waals surface area contributed by atoms with Gasteiger partial charge in [-0.1, -0.05) is 89.1 Å². The van der Waals surface area contributed by atoms with Crippen molar-refractivity contribution in [3.8, 4) is 11.1 Å². The van der Waals surface area contributed by atoms with E-state index in [0.29, 0.717) is 18.4 Å². The van der Waals surface area contributed by atoms with E-state index in [1.807, 2.05) is 0 Å². The van der Waals surface area contributed by atoms with Crippen molar-refractivity contribution in [3.63, 3.8) is 0 Å². The molecule has 1 aliphatic rings. The Morgan fingerprint density at radius 1 is 0.950 bits per heavy atom. The maximum Gasteiger partial charge on any atom is 0.323 e. The Kier molecular flexibility index (Phi) is 13.2. The molecule has 0 aromatic heterocycles. The van der Waals surface area contributed by atoms with Gasteiger partial charge in [0.25, 0.3) is 0 Å². The van der Waals surface area contributed by atoms with Crippen LogP contribution in [-0.2, 0) is 9.53 Å². The van der Waals surface area contributed by atoms with Gasteiger partial charge in [0.1, 0.15) is 12.6 Å². The van der Waals surface area contributed by atoms with Gasteiger partial charge in [-0.3, -0.25) is 10.1 Å². The molecule has 0 spiro atoms. The summed E-state index contributed by atoms with van der Waals surface area (Å²) in [6.07, 6.45) is 3.10. The summed E-state index contributed by atoms with van der Waals surface area (Å²) in [5.41, 5.74) is 4.19. The first kappa shape index (κ1) is 34.7. The molecule has 1 aliphatic carbocycles. The molecule has 11 unspecified atom stereocenters. The molecule has 0 aliphatic heterocycles. The second-order valence-electron chi connectivity index (χ2n) is 11.3. The predicted molar refractivity (Wildman–Crippen MR) is 179 cm³/mol. The minimum Gasteiger partial charge on any atom is -0.463 e. The van der Waals surface area contributed by atoms with E-state index in [2.05, 4.69) is 125 Å². The van der Waals surface area contributed by atoms with Gasteiger partial charge in [-0.05, 0) is 46.7 Å². The first-order chi connectivity index (χ1) is 18.5. The van der Waals surface area contributed by atoms with Crippen molar-refractivity contribution < 1.29 is 14.6 Å². The topological polar surface area (TPSA) is 58.6 Å². The Morgan fingerprint density at radius 3 is 1.88 bits per heavy atom. The quantitative estimate of drug-likeness (QED) is 0.174. The number of esters is 1. The minimum absolute atomic E-state index is 0. The van der Waals surface area contributed by atoms with Crippen LogP contribution in [0, 0.1) is 18.0 Å². The fourth-order valence-corrected chi connectivity index (χ4v) is 7.91. The number of carbonyl (C=O) groups excluding carboxylic acids is 1. The van der Waals surface area contributed by atoms with Crippen LogP contribution >= 0.6 is 37.0 Å². The summed E-state index contributed by atoms with van der Waals surface area (Å²) in [6.45, 7) is 11.5. The van der Waals surface area contributed by atoms with Crippen molar-refractivity contribution in [2.24, 2.45) is 11.8 Å². The van der Waals surface area contributed by atoms with Crippen molar-refractivity contribution in [1.82, 2.24) is 5.32 Å². The summed E-state index contributed by atoms with van der Waals surface area (Å²) in [5.74, 6) is 0.475. The number of carbonyl (C=O) groups is 1. The molecule has 2 aromatic rings. The Labute approximate surface area is 245 Å². The van der Waals surface area contributed by atoms with E-state index < -0.39 is 12.1 Å². The third-order valence-corrected chi connectivity index (χ3v) is 13.1. The standard InChI is InChI=1S/C31H48NO3P4.Fm/c1-6-18(3)31(5,19(4)7-2)32-26(28(38)29(39)27(37)25(33)17-36)30(34)35-16-24-22-14-10-8-12-20(22)21-13-9-11-15-23(21)24;/h8-15,17-19,24-29,32-33H,6-7,16,36-39H2,1-5H3;. The molecule has 2 aromatic carbocycles. The summed E-state index contributed by atoms with van der Waals surface area (Å²) in [4.78, 5) is 14.0. The van der Waals surface area contributed by atoms with Crippen LogP contribution in [0.2, 0.25) is 0 Å². The Morgan fingerprint density at radius 2 is 1.43 bits per heavy atom. The number of fused-ring (bicyclic) bond motifs is 3. The van der Waals surface area contributed by atoms with E-state index in [1.165, 1.54) is 22.3 Å². The summed E-state index contributed by atoms with van der Waals surface area (Å²) in [6, 6.07) is 16.3. The van der Waals surface area contributed by atoms with Crippen molar-refractivity contribution in [2.45, 2.75) is 88.0 Å². The van der Waals surface area contributed by atoms with Crippen molar-refractivity contribution in [3.05, 3.63) is 65.8 Å². The van der Waals surface area contributed by atoms with Crippen LogP contribution in [0.5, 0.6) is 0 Å². The molecule has 3 rings (SSSR count). The van der Waals surface area contributed by atoms with Gasteiger partial charge in [0.05, 0.1) is 6.10 Å². The maximum atomic E-state index is 14.0. The van der Waals surface area contributed by atoms with Gasteiger partial charge < -0.3 is 9.84 Å². The molecule has 0 bridgehead atoms. The number of nitrogens with one attached hydrogen (secondary N) is 1. The van der Waals surface area contributed by atoms with Crippen molar-refractivity contribution in [1.29, 1.82) is 0 Å². The van der Waals surface area contributed by atoms with Gasteiger partial charge in [0.15, 0.2) is 0 Å². The molecule has 1 radical (unpaired) electrons. The second-order valence-corrected chi connectivity index (χ2v) is 14.0. The number of aliphatic hydroxyl groups is 1. The SMILES string of the molecule is CCC(C)C(C)(NC(C(=O)OCC1c2ccccc2-c2ccccc21)C(P)C(P)C(P)C(O)[CH]P)C(C)CC.[Fm]. The number of hydrogen-bond donors (Lipinski definition) is 2. The molecule has 2 N–H and O–H groups in total. The fraction of sp³-hybridized carbons (Fsp3) is 0.548. The Hall–Kier alpha value is -1.45. The van der Waals surface area contributed by atoms with Gasteiger partial charge in [-0.15, -0.1) is 37.0 Å². The summed E-state index contributed by atoms with van der Waals surface area (Å²) >= 11 is 0. The first-order valence-corrected chi connectivity index (χ1v) is 16.8. The van der Waals surface area contributed by atoms with Gasteiger partial charge in [-0.25, -0.2) is 0 Å². The van der Waals surface area contributed by atoms with Crippen LogP contribution in [0.4, 0.5) is 0 Å². The molecule has 227 valence electrons. The van der Waals surface area contributed by atoms with Crippen LogP contribution in [0.25, 0.3) is 11.1 Å². The van der Waals surface area contributed by atoms with Gasteiger partial charge >= 0.3 is 5.97 Å². The van der Waals surface area contributed by atoms with Gasteiger partial charge in [0, 0.05) is 28.9 Å². The summed E-state index contributed by atoms with van der Waals surface area (Å²) < 4.78 is 6.21. The van der Waals surface area contributed by atoms with E-state index in [0.717, 1.165) is 12.8 Å². The predicted octanol–water partition coefficient (Wildman–Crippen LogP) is 6.28. The zero-order valence-electron chi connectivity index (χ0n) is 24.3. The van der Waals surface area contributed by atoms with E-state index in [1.54, 1.807) is 6.16 Å². The largest absolute Gasteiger partial charge is 0.463 e. The fourth-order valence-electron chi connectivity index (χ4n) is 5.80. The zero-order chi connectivity index (χ0) is 28.9. The van der Waals surface area contributed by atoms with Gasteiger partial charge in [0.2, 0.25) is 0 Å². The summed E-state index contributed by atoms with van der Waals surface area (Å²) in [7, 11) is 11.0. The average molecular weight is 864 g/mol.